The molecular weight excluding hydrogens is 236 g/mol. The quantitative estimate of drug-likeness (QED) is 0.869. The van der Waals surface area contributed by atoms with E-state index in [1.807, 2.05) is 0 Å². The lowest BCUT2D eigenvalue weighted by atomic mass is 9.91. The van der Waals surface area contributed by atoms with E-state index in [9.17, 15) is 4.39 Å². The Morgan fingerprint density at radius 3 is 2.60 bits per heavy atom. The van der Waals surface area contributed by atoms with E-state index in [2.05, 4.69) is 0 Å². The molecule has 0 saturated heterocycles. The number of benzene rings is 1. The highest BCUT2D eigenvalue weighted by Crippen LogP contribution is 2.50. The second kappa shape index (κ2) is 3.93. The minimum absolute atomic E-state index is 0.00142. The lowest BCUT2D eigenvalue weighted by Gasteiger charge is -2.25. The zero-order chi connectivity index (χ0) is 11.1. The van der Waals surface area contributed by atoms with Gasteiger partial charge in [-0.05, 0) is 37.0 Å². The van der Waals surface area contributed by atoms with Crippen molar-refractivity contribution in [2.45, 2.75) is 18.5 Å². The van der Waals surface area contributed by atoms with Gasteiger partial charge in [-0.3, -0.25) is 0 Å². The fourth-order valence-electron chi connectivity index (χ4n) is 1.85. The normalized spacial score (nSPS) is 20.0. The van der Waals surface area contributed by atoms with E-state index in [-0.39, 0.29) is 12.5 Å². The summed E-state index contributed by atoms with van der Waals surface area (Å²) in [6.07, 6.45) is 1.74. The summed E-state index contributed by atoms with van der Waals surface area (Å²) in [4.78, 5) is 0. The van der Waals surface area contributed by atoms with E-state index < -0.39 is 5.67 Å². The highest BCUT2D eigenvalue weighted by atomic mass is 35.5. The summed E-state index contributed by atoms with van der Waals surface area (Å²) in [7, 11) is 0. The number of rotatable bonds is 3. The van der Waals surface area contributed by atoms with Crippen LogP contribution in [0.15, 0.2) is 18.2 Å². The first-order valence-electron chi connectivity index (χ1n) is 4.92. The van der Waals surface area contributed by atoms with E-state index in [4.69, 9.17) is 28.9 Å². The predicted molar refractivity (Wildman–Crippen MR) is 61.0 cm³/mol. The molecule has 1 fully saturated rings. The van der Waals surface area contributed by atoms with Crippen LogP contribution in [0.1, 0.15) is 18.4 Å². The van der Waals surface area contributed by atoms with Crippen molar-refractivity contribution < 1.29 is 4.39 Å². The zero-order valence-electron chi connectivity index (χ0n) is 8.14. The summed E-state index contributed by atoms with van der Waals surface area (Å²) >= 11 is 11.8. The van der Waals surface area contributed by atoms with Gasteiger partial charge in [-0.2, -0.15) is 0 Å². The van der Waals surface area contributed by atoms with Crippen LogP contribution in [0.25, 0.3) is 0 Å². The second-order valence-electron chi connectivity index (χ2n) is 3.97. The Morgan fingerprint density at radius 2 is 2.07 bits per heavy atom. The average molecular weight is 248 g/mol. The van der Waals surface area contributed by atoms with Crippen molar-refractivity contribution in [1.82, 2.24) is 0 Å². The Bertz CT molecular complexity index is 379. The topological polar surface area (TPSA) is 26.0 Å². The van der Waals surface area contributed by atoms with E-state index >= 15 is 0 Å². The molecule has 0 spiro atoms. The van der Waals surface area contributed by atoms with Crippen LogP contribution >= 0.6 is 23.2 Å². The van der Waals surface area contributed by atoms with E-state index in [0.717, 1.165) is 12.8 Å². The Balaban J connectivity index is 2.45. The van der Waals surface area contributed by atoms with Crippen molar-refractivity contribution >= 4 is 23.2 Å². The molecule has 1 aromatic carbocycles. The Hall–Kier alpha value is -0.310. The van der Waals surface area contributed by atoms with Gasteiger partial charge in [0.05, 0.1) is 0 Å². The molecule has 4 heteroatoms. The molecule has 2 N–H and O–H groups in total. The first-order valence-corrected chi connectivity index (χ1v) is 5.68. The summed E-state index contributed by atoms with van der Waals surface area (Å²) in [5.41, 5.74) is 4.44. The fourth-order valence-corrected chi connectivity index (χ4v) is 2.30. The third-order valence-corrected chi connectivity index (χ3v) is 3.46. The van der Waals surface area contributed by atoms with Gasteiger partial charge >= 0.3 is 0 Å². The van der Waals surface area contributed by atoms with Crippen LogP contribution in [0.4, 0.5) is 4.39 Å². The van der Waals surface area contributed by atoms with Crippen molar-refractivity contribution in [3.8, 4) is 0 Å². The molecular formula is C11H12Cl2FN. The molecule has 1 nitrogen and oxygen atoms in total. The number of hydrogen-bond donors (Lipinski definition) is 1. The smallest absolute Gasteiger partial charge is 0.152 e. The van der Waals surface area contributed by atoms with Gasteiger partial charge in [-0.1, -0.05) is 23.2 Å². The van der Waals surface area contributed by atoms with Gasteiger partial charge in [0, 0.05) is 22.2 Å². The molecule has 1 atom stereocenters. The lowest BCUT2D eigenvalue weighted by Crippen LogP contribution is -2.33. The summed E-state index contributed by atoms with van der Waals surface area (Å²) < 4.78 is 14.6. The van der Waals surface area contributed by atoms with Crippen molar-refractivity contribution in [2.24, 2.45) is 11.7 Å². The molecule has 0 amide bonds. The molecule has 1 aliphatic carbocycles. The van der Waals surface area contributed by atoms with Gasteiger partial charge < -0.3 is 5.73 Å². The molecule has 0 aliphatic heterocycles. The molecule has 1 aromatic rings. The molecule has 82 valence electrons. The number of alkyl halides is 1. The van der Waals surface area contributed by atoms with Crippen molar-refractivity contribution in [3.63, 3.8) is 0 Å². The van der Waals surface area contributed by atoms with Gasteiger partial charge in [0.25, 0.3) is 0 Å². The standard InChI is InChI=1S/C11H12Cl2FN/c12-8-3-4-10(13)9(5-8)11(14,6-15)7-1-2-7/h3-5,7H,1-2,6,15H2. The van der Waals surface area contributed by atoms with Gasteiger partial charge in [-0.15, -0.1) is 0 Å². The van der Waals surface area contributed by atoms with Crippen LogP contribution in [0.3, 0.4) is 0 Å². The van der Waals surface area contributed by atoms with Crippen LogP contribution in [0.5, 0.6) is 0 Å². The minimum atomic E-state index is -1.51. The van der Waals surface area contributed by atoms with Crippen molar-refractivity contribution in [1.29, 1.82) is 0 Å². The Morgan fingerprint density at radius 1 is 1.40 bits per heavy atom. The van der Waals surface area contributed by atoms with Crippen LogP contribution in [0.2, 0.25) is 10.0 Å². The SMILES string of the molecule is NCC(F)(c1cc(Cl)ccc1Cl)C1CC1. The van der Waals surface area contributed by atoms with Crippen LogP contribution in [-0.4, -0.2) is 6.54 Å². The maximum atomic E-state index is 14.6. The number of hydrogen-bond acceptors (Lipinski definition) is 1. The first-order chi connectivity index (χ1) is 7.08. The van der Waals surface area contributed by atoms with Crippen LogP contribution in [-0.2, 0) is 5.67 Å². The maximum Gasteiger partial charge on any atom is 0.152 e. The predicted octanol–water partition coefficient (Wildman–Crippen LogP) is 3.53. The highest BCUT2D eigenvalue weighted by Gasteiger charge is 2.47. The fraction of sp³-hybridized carbons (Fsp3) is 0.455. The maximum absolute atomic E-state index is 14.6. The van der Waals surface area contributed by atoms with Gasteiger partial charge in [0.2, 0.25) is 0 Å². The molecule has 1 unspecified atom stereocenters. The monoisotopic (exact) mass is 247 g/mol. The molecule has 2 rings (SSSR count). The third kappa shape index (κ3) is 1.99. The van der Waals surface area contributed by atoms with Crippen molar-refractivity contribution in [2.75, 3.05) is 6.54 Å². The Labute approximate surface area is 98.4 Å². The van der Waals surface area contributed by atoms with Crippen molar-refractivity contribution in [3.05, 3.63) is 33.8 Å². The minimum Gasteiger partial charge on any atom is -0.327 e. The van der Waals surface area contributed by atoms with Gasteiger partial charge in [-0.25, -0.2) is 4.39 Å². The van der Waals surface area contributed by atoms with Gasteiger partial charge in [0.1, 0.15) is 0 Å². The summed E-state index contributed by atoms with van der Waals surface area (Å²) in [5, 5.41) is 0.893. The van der Waals surface area contributed by atoms with E-state index in [0.29, 0.717) is 15.6 Å². The molecule has 1 aliphatic rings. The average Bonchev–Trinajstić information content (AvgIpc) is 3.04. The molecule has 1 saturated carbocycles. The first kappa shape index (κ1) is 11.2. The number of nitrogens with two attached hydrogens (primary N) is 1. The molecule has 0 bridgehead atoms. The van der Waals surface area contributed by atoms with E-state index in [1.165, 1.54) is 0 Å². The zero-order valence-corrected chi connectivity index (χ0v) is 9.65. The summed E-state index contributed by atoms with van der Waals surface area (Å²) in [6, 6.07) is 4.85. The summed E-state index contributed by atoms with van der Waals surface area (Å²) in [6.45, 7) is -0.0439. The largest absolute Gasteiger partial charge is 0.327 e. The van der Waals surface area contributed by atoms with Crippen LogP contribution < -0.4 is 5.73 Å². The summed E-state index contributed by atoms with van der Waals surface area (Å²) in [5.74, 6) is -0.00142. The third-order valence-electron chi connectivity index (χ3n) is 2.90. The molecule has 0 aromatic heterocycles. The Kier molecular flexibility index (Phi) is 2.93. The van der Waals surface area contributed by atoms with Crippen LogP contribution in [0, 0.1) is 5.92 Å². The van der Waals surface area contributed by atoms with Gasteiger partial charge in [0.15, 0.2) is 5.67 Å². The second-order valence-corrected chi connectivity index (χ2v) is 4.81. The van der Waals surface area contributed by atoms with E-state index in [1.54, 1.807) is 18.2 Å². The molecule has 15 heavy (non-hydrogen) atoms. The lowest BCUT2D eigenvalue weighted by molar-refractivity contribution is 0.143. The molecule has 0 heterocycles. The number of halogens is 3. The highest BCUT2D eigenvalue weighted by molar-refractivity contribution is 6.33. The molecule has 0 radical (unpaired) electrons.